The maximum Gasteiger partial charge on any atom is 0.405 e. The summed E-state index contributed by atoms with van der Waals surface area (Å²) in [6, 6.07) is 0. The van der Waals surface area contributed by atoms with Gasteiger partial charge in [0.15, 0.2) is 0 Å². The summed E-state index contributed by atoms with van der Waals surface area (Å²) in [6.45, 7) is 4.32. The fourth-order valence-corrected chi connectivity index (χ4v) is 0.822. The zero-order valence-electron chi connectivity index (χ0n) is 8.29. The molecule has 0 aliphatic carbocycles. The molecule has 1 amide bonds. The lowest BCUT2D eigenvalue weighted by Gasteiger charge is -2.24. The second-order valence-electron chi connectivity index (χ2n) is 3.38. The van der Waals surface area contributed by atoms with Crippen molar-refractivity contribution in [1.82, 2.24) is 5.32 Å². The van der Waals surface area contributed by atoms with Crippen LogP contribution in [0, 0.1) is 0 Å². The topological polar surface area (TPSA) is 67.8 Å². The van der Waals surface area contributed by atoms with Gasteiger partial charge in [-0.1, -0.05) is 0 Å². The standard InChI is InChI=1S/C8H17NO4/c1-8(2,9-7(10)11)4-5-13-6-12-3/h9H,4-6H2,1-3H3,(H,10,11). The van der Waals surface area contributed by atoms with Crippen LogP contribution in [0.3, 0.4) is 0 Å². The summed E-state index contributed by atoms with van der Waals surface area (Å²) in [5, 5.41) is 10.9. The second-order valence-corrected chi connectivity index (χ2v) is 3.38. The molecular weight excluding hydrogens is 174 g/mol. The van der Waals surface area contributed by atoms with E-state index >= 15 is 0 Å². The van der Waals surface area contributed by atoms with Crippen LogP contribution in [0.2, 0.25) is 0 Å². The van der Waals surface area contributed by atoms with Crippen LogP contribution in [-0.2, 0) is 9.47 Å². The zero-order valence-corrected chi connectivity index (χ0v) is 8.29. The smallest absolute Gasteiger partial charge is 0.405 e. The number of methoxy groups -OCH3 is 1. The van der Waals surface area contributed by atoms with E-state index in [4.69, 9.17) is 9.84 Å². The number of carbonyl (C=O) groups is 1. The van der Waals surface area contributed by atoms with Gasteiger partial charge in [0.1, 0.15) is 6.79 Å². The van der Waals surface area contributed by atoms with E-state index < -0.39 is 11.6 Å². The molecule has 5 heteroatoms. The number of nitrogens with one attached hydrogen (secondary N) is 1. The molecule has 0 aromatic rings. The largest absolute Gasteiger partial charge is 0.465 e. The molecule has 0 aliphatic rings. The summed E-state index contributed by atoms with van der Waals surface area (Å²) in [6.07, 6.45) is -0.403. The lowest BCUT2D eigenvalue weighted by molar-refractivity contribution is -0.0355. The summed E-state index contributed by atoms with van der Waals surface area (Å²) in [7, 11) is 1.54. The molecule has 0 saturated heterocycles. The minimum absolute atomic E-state index is 0.239. The van der Waals surface area contributed by atoms with Gasteiger partial charge in [0.05, 0.1) is 6.61 Å². The Bertz CT molecular complexity index is 158. The third-order valence-electron chi connectivity index (χ3n) is 1.52. The van der Waals surface area contributed by atoms with Gasteiger partial charge in [0, 0.05) is 12.6 Å². The Kier molecular flexibility index (Phi) is 5.41. The van der Waals surface area contributed by atoms with E-state index in [0.717, 1.165) is 0 Å². The highest BCUT2D eigenvalue weighted by Gasteiger charge is 2.19. The van der Waals surface area contributed by atoms with Gasteiger partial charge in [-0.2, -0.15) is 0 Å². The molecule has 0 radical (unpaired) electrons. The second kappa shape index (κ2) is 5.77. The SMILES string of the molecule is COCOCCC(C)(C)NC(=O)O. The molecule has 0 saturated carbocycles. The molecule has 0 atom stereocenters. The van der Waals surface area contributed by atoms with E-state index in [1.165, 1.54) is 0 Å². The molecule has 0 bridgehead atoms. The van der Waals surface area contributed by atoms with E-state index in [-0.39, 0.29) is 6.79 Å². The monoisotopic (exact) mass is 191 g/mol. The van der Waals surface area contributed by atoms with E-state index in [2.05, 4.69) is 10.1 Å². The Morgan fingerprint density at radius 2 is 2.15 bits per heavy atom. The summed E-state index contributed by atoms with van der Waals surface area (Å²) < 4.78 is 9.72. The quantitative estimate of drug-likeness (QED) is 0.486. The normalized spacial score (nSPS) is 11.3. The summed E-state index contributed by atoms with van der Waals surface area (Å²) in [5.74, 6) is 0. The van der Waals surface area contributed by atoms with Crippen molar-refractivity contribution < 1.29 is 19.4 Å². The Labute approximate surface area is 78.0 Å². The average Bonchev–Trinajstić information content (AvgIpc) is 1.95. The lowest BCUT2D eigenvalue weighted by Crippen LogP contribution is -2.43. The minimum Gasteiger partial charge on any atom is -0.465 e. The number of amides is 1. The van der Waals surface area contributed by atoms with Crippen LogP contribution in [0.25, 0.3) is 0 Å². The van der Waals surface area contributed by atoms with Gasteiger partial charge in [-0.05, 0) is 20.3 Å². The molecule has 0 fully saturated rings. The molecule has 2 N–H and O–H groups in total. The summed E-state index contributed by atoms with van der Waals surface area (Å²) in [4.78, 5) is 10.3. The van der Waals surface area contributed by atoms with Crippen molar-refractivity contribution in [3.63, 3.8) is 0 Å². The molecule has 13 heavy (non-hydrogen) atoms. The number of hydrogen-bond donors (Lipinski definition) is 2. The predicted octanol–water partition coefficient (Wildman–Crippen LogP) is 1.04. The maximum absolute atomic E-state index is 10.3. The van der Waals surface area contributed by atoms with E-state index in [1.807, 2.05) is 0 Å². The molecule has 0 rings (SSSR count). The molecule has 0 aromatic heterocycles. The third-order valence-corrected chi connectivity index (χ3v) is 1.52. The van der Waals surface area contributed by atoms with Gasteiger partial charge in [-0.25, -0.2) is 4.79 Å². The van der Waals surface area contributed by atoms with Crippen molar-refractivity contribution in [2.75, 3.05) is 20.5 Å². The van der Waals surface area contributed by atoms with Gasteiger partial charge in [-0.15, -0.1) is 0 Å². The number of hydrogen-bond acceptors (Lipinski definition) is 3. The first-order valence-electron chi connectivity index (χ1n) is 4.06. The Morgan fingerprint density at radius 3 is 2.62 bits per heavy atom. The minimum atomic E-state index is -1.02. The Balaban J connectivity index is 3.56. The fraction of sp³-hybridized carbons (Fsp3) is 0.875. The van der Waals surface area contributed by atoms with Crippen molar-refractivity contribution >= 4 is 6.09 Å². The number of rotatable bonds is 6. The molecule has 5 nitrogen and oxygen atoms in total. The van der Waals surface area contributed by atoms with Gasteiger partial charge < -0.3 is 19.9 Å². The van der Waals surface area contributed by atoms with Gasteiger partial charge in [-0.3, -0.25) is 0 Å². The fourth-order valence-electron chi connectivity index (χ4n) is 0.822. The molecule has 0 unspecified atom stereocenters. The molecule has 0 spiro atoms. The molecule has 0 aromatic carbocycles. The van der Waals surface area contributed by atoms with E-state index in [1.54, 1.807) is 21.0 Å². The molecule has 0 heterocycles. The van der Waals surface area contributed by atoms with Crippen LogP contribution < -0.4 is 5.32 Å². The van der Waals surface area contributed by atoms with Crippen molar-refractivity contribution in [1.29, 1.82) is 0 Å². The molecule has 0 aliphatic heterocycles. The first-order valence-corrected chi connectivity index (χ1v) is 4.06. The van der Waals surface area contributed by atoms with Gasteiger partial charge in [0.25, 0.3) is 0 Å². The number of carboxylic acid groups (broad SMARTS) is 1. The Morgan fingerprint density at radius 1 is 1.54 bits per heavy atom. The highest BCUT2D eigenvalue weighted by atomic mass is 16.7. The average molecular weight is 191 g/mol. The van der Waals surface area contributed by atoms with E-state index in [0.29, 0.717) is 13.0 Å². The van der Waals surface area contributed by atoms with Crippen LogP contribution in [0.15, 0.2) is 0 Å². The molecule has 78 valence electrons. The third kappa shape index (κ3) is 7.55. The Hall–Kier alpha value is -0.810. The maximum atomic E-state index is 10.3. The molecular formula is C8H17NO4. The first-order chi connectivity index (χ1) is 5.98. The van der Waals surface area contributed by atoms with E-state index in [9.17, 15) is 4.79 Å². The number of ether oxygens (including phenoxy) is 2. The van der Waals surface area contributed by atoms with Crippen LogP contribution in [0.4, 0.5) is 4.79 Å². The highest BCUT2D eigenvalue weighted by Crippen LogP contribution is 2.07. The van der Waals surface area contributed by atoms with Crippen molar-refractivity contribution in [3.05, 3.63) is 0 Å². The lowest BCUT2D eigenvalue weighted by atomic mass is 10.0. The van der Waals surface area contributed by atoms with Crippen molar-refractivity contribution in [2.24, 2.45) is 0 Å². The highest BCUT2D eigenvalue weighted by molar-refractivity contribution is 5.65. The first kappa shape index (κ1) is 12.2. The zero-order chi connectivity index (χ0) is 10.3. The van der Waals surface area contributed by atoms with Crippen LogP contribution in [0.5, 0.6) is 0 Å². The van der Waals surface area contributed by atoms with Crippen molar-refractivity contribution in [2.45, 2.75) is 25.8 Å². The van der Waals surface area contributed by atoms with Gasteiger partial charge >= 0.3 is 6.09 Å². The van der Waals surface area contributed by atoms with Crippen LogP contribution >= 0.6 is 0 Å². The van der Waals surface area contributed by atoms with Crippen LogP contribution in [-0.4, -0.2) is 37.2 Å². The predicted molar refractivity (Wildman–Crippen MR) is 47.7 cm³/mol. The summed E-state index contributed by atoms with van der Waals surface area (Å²) >= 11 is 0. The van der Waals surface area contributed by atoms with Crippen molar-refractivity contribution in [3.8, 4) is 0 Å². The summed E-state index contributed by atoms with van der Waals surface area (Å²) in [5.41, 5.74) is -0.459. The van der Waals surface area contributed by atoms with Gasteiger partial charge in [0.2, 0.25) is 0 Å². The van der Waals surface area contributed by atoms with Crippen LogP contribution in [0.1, 0.15) is 20.3 Å².